The number of amides is 1. The minimum Gasteiger partial charge on any atom is -0.490 e. The number of hydrogen-bond donors (Lipinski definition) is 1. The zero-order valence-corrected chi connectivity index (χ0v) is 19.2. The van der Waals surface area contributed by atoms with Crippen LogP contribution in [0.15, 0.2) is 42.0 Å². The van der Waals surface area contributed by atoms with Crippen molar-refractivity contribution in [2.45, 2.75) is 32.5 Å². The molecule has 0 aromatic heterocycles. The van der Waals surface area contributed by atoms with Crippen LogP contribution in [-0.4, -0.2) is 31.8 Å². The lowest BCUT2D eigenvalue weighted by Crippen LogP contribution is -2.32. The molecule has 1 heterocycles. The molecule has 1 aliphatic heterocycles. The Kier molecular flexibility index (Phi) is 8.81. The third kappa shape index (κ3) is 6.64. The molecule has 6 nitrogen and oxygen atoms in total. The fourth-order valence-corrected chi connectivity index (χ4v) is 3.54. The van der Waals surface area contributed by atoms with Crippen molar-refractivity contribution in [2.24, 2.45) is 0 Å². The van der Waals surface area contributed by atoms with Gasteiger partial charge in [0.25, 0.3) is 5.91 Å². The van der Waals surface area contributed by atoms with E-state index in [2.05, 4.69) is 5.32 Å². The molecule has 2 aromatic carbocycles. The number of nitrogens with zero attached hydrogens (tertiary/aromatic N) is 1. The SMILES string of the molecule is CCOc1cc(/C=C(\C#N)C(=O)NC[C@@H]2CCCO2)ccc1OCc1ccc(Cl)c(Cl)c1. The molecule has 1 atom stereocenters. The molecule has 1 saturated heterocycles. The Labute approximate surface area is 197 Å². The van der Waals surface area contributed by atoms with Gasteiger partial charge in [-0.3, -0.25) is 4.79 Å². The Morgan fingerprint density at radius 1 is 1.22 bits per heavy atom. The molecule has 1 N–H and O–H groups in total. The van der Waals surface area contributed by atoms with Gasteiger partial charge in [0.2, 0.25) is 0 Å². The zero-order chi connectivity index (χ0) is 22.9. The number of hydrogen-bond acceptors (Lipinski definition) is 5. The second kappa shape index (κ2) is 11.8. The first kappa shape index (κ1) is 23.9. The molecule has 0 aliphatic carbocycles. The monoisotopic (exact) mass is 474 g/mol. The molecule has 0 radical (unpaired) electrons. The van der Waals surface area contributed by atoms with Crippen LogP contribution in [0.3, 0.4) is 0 Å². The van der Waals surface area contributed by atoms with Crippen LogP contribution in [0.4, 0.5) is 0 Å². The standard InChI is InChI=1S/C24H24Cl2N2O4/c1-2-30-23-12-16(10-18(13-27)24(29)28-14-19-4-3-9-31-19)6-8-22(23)32-15-17-5-7-20(25)21(26)11-17/h5-8,10-12,19H,2-4,9,14-15H2,1H3,(H,28,29)/b18-10+/t19-/m0/s1. The summed E-state index contributed by atoms with van der Waals surface area (Å²) in [5.41, 5.74) is 1.52. The molecule has 0 saturated carbocycles. The van der Waals surface area contributed by atoms with Crippen molar-refractivity contribution >= 4 is 35.2 Å². The van der Waals surface area contributed by atoms with E-state index >= 15 is 0 Å². The summed E-state index contributed by atoms with van der Waals surface area (Å²) >= 11 is 12.0. The Bertz CT molecular complexity index is 1030. The largest absolute Gasteiger partial charge is 0.490 e. The summed E-state index contributed by atoms with van der Waals surface area (Å²) in [5.74, 6) is 0.621. The number of halogens is 2. The van der Waals surface area contributed by atoms with Gasteiger partial charge in [0.1, 0.15) is 18.2 Å². The van der Waals surface area contributed by atoms with Crippen molar-refractivity contribution in [1.82, 2.24) is 5.32 Å². The van der Waals surface area contributed by atoms with E-state index in [-0.39, 0.29) is 18.3 Å². The molecule has 1 amide bonds. The first-order valence-electron chi connectivity index (χ1n) is 10.3. The van der Waals surface area contributed by atoms with Gasteiger partial charge in [-0.05, 0) is 61.2 Å². The van der Waals surface area contributed by atoms with Gasteiger partial charge < -0.3 is 19.5 Å². The van der Waals surface area contributed by atoms with E-state index in [9.17, 15) is 10.1 Å². The number of benzene rings is 2. The van der Waals surface area contributed by atoms with Crippen LogP contribution in [0, 0.1) is 11.3 Å². The van der Waals surface area contributed by atoms with E-state index in [1.54, 1.807) is 30.3 Å². The van der Waals surface area contributed by atoms with Crippen LogP contribution in [0.1, 0.15) is 30.9 Å². The molecule has 168 valence electrons. The number of carbonyl (C=O) groups excluding carboxylic acids is 1. The van der Waals surface area contributed by atoms with Gasteiger partial charge in [0.15, 0.2) is 11.5 Å². The Morgan fingerprint density at radius 3 is 2.75 bits per heavy atom. The smallest absolute Gasteiger partial charge is 0.262 e. The van der Waals surface area contributed by atoms with Crippen molar-refractivity contribution < 1.29 is 19.0 Å². The van der Waals surface area contributed by atoms with Gasteiger partial charge in [-0.15, -0.1) is 0 Å². The summed E-state index contributed by atoms with van der Waals surface area (Å²) in [6.07, 6.45) is 3.43. The van der Waals surface area contributed by atoms with Crippen molar-refractivity contribution in [3.8, 4) is 17.6 Å². The molecule has 32 heavy (non-hydrogen) atoms. The van der Waals surface area contributed by atoms with Crippen molar-refractivity contribution in [2.75, 3.05) is 19.8 Å². The van der Waals surface area contributed by atoms with Crippen molar-refractivity contribution in [3.05, 3.63) is 63.1 Å². The first-order chi connectivity index (χ1) is 15.5. The highest BCUT2D eigenvalue weighted by Gasteiger charge is 2.18. The first-order valence-corrected chi connectivity index (χ1v) is 11.1. The molecule has 0 spiro atoms. The highest BCUT2D eigenvalue weighted by Crippen LogP contribution is 2.31. The number of nitriles is 1. The van der Waals surface area contributed by atoms with Gasteiger partial charge in [0.05, 0.1) is 22.8 Å². The Morgan fingerprint density at radius 2 is 2.06 bits per heavy atom. The van der Waals surface area contributed by atoms with Crippen molar-refractivity contribution in [1.29, 1.82) is 5.26 Å². The van der Waals surface area contributed by atoms with E-state index in [0.717, 1.165) is 18.4 Å². The van der Waals surface area contributed by atoms with Gasteiger partial charge in [0, 0.05) is 13.2 Å². The fourth-order valence-electron chi connectivity index (χ4n) is 3.21. The molecule has 2 aromatic rings. The quantitative estimate of drug-likeness (QED) is 0.400. The maximum Gasteiger partial charge on any atom is 0.262 e. The average molecular weight is 475 g/mol. The van der Waals surface area contributed by atoms with E-state index in [1.807, 2.05) is 19.1 Å². The van der Waals surface area contributed by atoms with Gasteiger partial charge in [-0.2, -0.15) is 5.26 Å². The van der Waals surface area contributed by atoms with Gasteiger partial charge in [-0.1, -0.05) is 35.3 Å². The number of rotatable bonds is 9. The van der Waals surface area contributed by atoms with Crippen LogP contribution < -0.4 is 14.8 Å². The topological polar surface area (TPSA) is 80.6 Å². The Hall–Kier alpha value is -2.72. The minimum atomic E-state index is -0.430. The number of ether oxygens (including phenoxy) is 3. The lowest BCUT2D eigenvalue weighted by atomic mass is 10.1. The highest BCUT2D eigenvalue weighted by molar-refractivity contribution is 6.42. The average Bonchev–Trinajstić information content (AvgIpc) is 3.31. The summed E-state index contributed by atoms with van der Waals surface area (Å²) in [5, 5.41) is 13.1. The maximum absolute atomic E-state index is 12.4. The lowest BCUT2D eigenvalue weighted by molar-refractivity contribution is -0.117. The molecule has 1 fully saturated rings. The molecular formula is C24H24Cl2N2O4. The molecular weight excluding hydrogens is 451 g/mol. The summed E-state index contributed by atoms with van der Waals surface area (Å²) in [4.78, 5) is 12.4. The summed E-state index contributed by atoms with van der Waals surface area (Å²) in [7, 11) is 0. The minimum absolute atomic E-state index is 0.00919. The van der Waals surface area contributed by atoms with Crippen LogP contribution >= 0.6 is 23.2 Å². The van der Waals surface area contributed by atoms with Crippen LogP contribution in [0.2, 0.25) is 10.0 Å². The van der Waals surface area contributed by atoms with Crippen LogP contribution in [-0.2, 0) is 16.1 Å². The molecule has 0 bridgehead atoms. The summed E-state index contributed by atoms with van der Waals surface area (Å²) in [6.45, 7) is 3.68. The maximum atomic E-state index is 12.4. The van der Waals surface area contributed by atoms with Gasteiger partial charge in [-0.25, -0.2) is 0 Å². The second-order valence-electron chi connectivity index (χ2n) is 7.19. The van der Waals surface area contributed by atoms with Crippen LogP contribution in [0.5, 0.6) is 11.5 Å². The third-order valence-corrected chi connectivity index (χ3v) is 5.58. The van der Waals surface area contributed by atoms with Gasteiger partial charge >= 0.3 is 0 Å². The van der Waals surface area contributed by atoms with E-state index in [0.29, 0.717) is 46.9 Å². The second-order valence-corrected chi connectivity index (χ2v) is 8.01. The Balaban J connectivity index is 1.70. The fraction of sp³-hybridized carbons (Fsp3) is 0.333. The normalized spacial score (nSPS) is 15.8. The molecule has 1 aliphatic rings. The lowest BCUT2D eigenvalue weighted by Gasteiger charge is -2.13. The number of nitrogens with one attached hydrogen (secondary N) is 1. The van der Waals surface area contributed by atoms with E-state index in [4.69, 9.17) is 37.4 Å². The predicted octanol–water partition coefficient (Wildman–Crippen LogP) is 5.17. The van der Waals surface area contributed by atoms with Crippen LogP contribution in [0.25, 0.3) is 6.08 Å². The van der Waals surface area contributed by atoms with E-state index < -0.39 is 5.91 Å². The van der Waals surface area contributed by atoms with E-state index in [1.165, 1.54) is 6.08 Å². The predicted molar refractivity (Wildman–Crippen MR) is 124 cm³/mol. The molecule has 3 rings (SSSR count). The zero-order valence-electron chi connectivity index (χ0n) is 17.7. The van der Waals surface area contributed by atoms with Crippen molar-refractivity contribution in [3.63, 3.8) is 0 Å². The molecule has 8 heteroatoms. The summed E-state index contributed by atoms with van der Waals surface area (Å²) in [6, 6.07) is 12.5. The summed E-state index contributed by atoms with van der Waals surface area (Å²) < 4.78 is 17.1. The third-order valence-electron chi connectivity index (χ3n) is 4.84. The highest BCUT2D eigenvalue weighted by atomic mass is 35.5. The number of carbonyl (C=O) groups is 1. The molecule has 0 unspecified atom stereocenters.